The number of nitrogens with zero attached hydrogens (tertiary/aromatic N) is 1. The summed E-state index contributed by atoms with van der Waals surface area (Å²) in [7, 11) is 1.51. The fraction of sp³-hybridized carbons (Fsp3) is 0.0526. The second kappa shape index (κ2) is 5.59. The normalized spacial score (nSPS) is 11.1. The molecule has 0 spiro atoms. The van der Waals surface area contributed by atoms with Gasteiger partial charge in [0.1, 0.15) is 11.4 Å². The highest BCUT2D eigenvalue weighted by Gasteiger charge is 2.17. The van der Waals surface area contributed by atoms with Crippen LogP contribution in [-0.2, 0) is 0 Å². The van der Waals surface area contributed by atoms with E-state index in [0.29, 0.717) is 33.5 Å². The topological polar surface area (TPSA) is 72.6 Å². The molecule has 0 radical (unpaired) electrons. The molecule has 25 heavy (non-hydrogen) atoms. The SMILES string of the molecule is COc1ccc2nc(-c3cc4cccc(F)c4o3)cc(C(=O)O)c2c1. The van der Waals surface area contributed by atoms with E-state index in [0.717, 1.165) is 0 Å². The molecule has 0 unspecified atom stereocenters. The number of carboxylic acid groups (broad SMARTS) is 1. The van der Waals surface area contributed by atoms with Crippen LogP contribution in [0.5, 0.6) is 5.75 Å². The summed E-state index contributed by atoms with van der Waals surface area (Å²) in [5.74, 6) is -0.729. The Morgan fingerprint density at radius 1 is 1.20 bits per heavy atom. The molecule has 2 aromatic heterocycles. The molecule has 2 aromatic carbocycles. The molecule has 0 aliphatic rings. The van der Waals surface area contributed by atoms with Crippen LogP contribution in [0.3, 0.4) is 0 Å². The third-order valence-electron chi connectivity index (χ3n) is 3.99. The van der Waals surface area contributed by atoms with Crippen molar-refractivity contribution in [1.82, 2.24) is 4.98 Å². The lowest BCUT2D eigenvalue weighted by atomic mass is 10.1. The first kappa shape index (κ1) is 15.1. The van der Waals surface area contributed by atoms with Gasteiger partial charge in [-0.2, -0.15) is 0 Å². The summed E-state index contributed by atoms with van der Waals surface area (Å²) in [5.41, 5.74) is 0.994. The smallest absolute Gasteiger partial charge is 0.336 e. The minimum Gasteiger partial charge on any atom is -0.497 e. The van der Waals surface area contributed by atoms with Crippen LogP contribution in [0.25, 0.3) is 33.3 Å². The number of pyridine rings is 1. The predicted octanol–water partition coefficient (Wildman–Crippen LogP) is 4.49. The van der Waals surface area contributed by atoms with Crippen LogP contribution in [-0.4, -0.2) is 23.2 Å². The quantitative estimate of drug-likeness (QED) is 0.596. The maximum Gasteiger partial charge on any atom is 0.336 e. The number of para-hydroxylation sites is 1. The van der Waals surface area contributed by atoms with Gasteiger partial charge in [-0.3, -0.25) is 0 Å². The summed E-state index contributed by atoms with van der Waals surface area (Å²) in [6.07, 6.45) is 0. The Morgan fingerprint density at radius 2 is 2.04 bits per heavy atom. The minimum absolute atomic E-state index is 0.0693. The number of rotatable bonds is 3. The molecular weight excluding hydrogens is 325 g/mol. The Balaban J connectivity index is 1.97. The molecule has 0 atom stereocenters. The summed E-state index contributed by atoms with van der Waals surface area (Å²) < 4.78 is 24.5. The fourth-order valence-corrected chi connectivity index (χ4v) is 2.79. The van der Waals surface area contributed by atoms with Crippen LogP contribution in [0, 0.1) is 5.82 Å². The molecule has 0 bridgehead atoms. The highest BCUT2D eigenvalue weighted by atomic mass is 19.1. The molecule has 0 aliphatic carbocycles. The Labute approximate surface area is 141 Å². The van der Waals surface area contributed by atoms with Gasteiger partial charge in [-0.05, 0) is 36.4 Å². The maximum absolute atomic E-state index is 13.8. The first-order chi connectivity index (χ1) is 12.1. The molecule has 0 saturated carbocycles. The highest BCUT2D eigenvalue weighted by Crippen LogP contribution is 2.32. The lowest BCUT2D eigenvalue weighted by molar-refractivity contribution is 0.0699. The van der Waals surface area contributed by atoms with E-state index in [1.54, 1.807) is 36.4 Å². The van der Waals surface area contributed by atoms with E-state index in [1.165, 1.54) is 19.2 Å². The molecule has 6 heteroatoms. The van der Waals surface area contributed by atoms with Crippen LogP contribution in [0.2, 0.25) is 0 Å². The van der Waals surface area contributed by atoms with Crippen molar-refractivity contribution in [1.29, 1.82) is 0 Å². The lowest BCUT2D eigenvalue weighted by Crippen LogP contribution is -2.00. The number of carboxylic acids is 1. The third-order valence-corrected chi connectivity index (χ3v) is 3.99. The van der Waals surface area contributed by atoms with Crippen LogP contribution in [0.4, 0.5) is 4.39 Å². The van der Waals surface area contributed by atoms with Gasteiger partial charge in [-0.15, -0.1) is 0 Å². The van der Waals surface area contributed by atoms with E-state index in [2.05, 4.69) is 4.98 Å². The standard InChI is InChI=1S/C19H12FNO4/c1-24-11-5-6-15-12(8-11)13(19(22)23)9-16(21-15)17-7-10-3-2-4-14(20)18(10)25-17/h2-9H,1H3,(H,22,23). The lowest BCUT2D eigenvalue weighted by Gasteiger charge is -2.07. The van der Waals surface area contributed by atoms with Gasteiger partial charge in [0, 0.05) is 10.8 Å². The van der Waals surface area contributed by atoms with Crippen molar-refractivity contribution in [2.24, 2.45) is 0 Å². The largest absolute Gasteiger partial charge is 0.497 e. The van der Waals surface area contributed by atoms with Crippen LogP contribution in [0.15, 0.2) is 52.9 Å². The Hall–Kier alpha value is -3.41. The number of ether oxygens (including phenoxy) is 1. The van der Waals surface area contributed by atoms with E-state index < -0.39 is 11.8 Å². The molecule has 5 nitrogen and oxygen atoms in total. The number of aromatic carboxylic acids is 1. The molecule has 4 rings (SSSR count). The number of fused-ring (bicyclic) bond motifs is 2. The summed E-state index contributed by atoms with van der Waals surface area (Å²) in [6.45, 7) is 0. The Morgan fingerprint density at radius 3 is 2.76 bits per heavy atom. The summed E-state index contributed by atoms with van der Waals surface area (Å²) in [6, 6.07) is 12.7. The highest BCUT2D eigenvalue weighted by molar-refractivity contribution is 6.04. The van der Waals surface area contributed by atoms with Gasteiger partial charge in [-0.25, -0.2) is 14.2 Å². The number of hydrogen-bond donors (Lipinski definition) is 1. The molecule has 4 aromatic rings. The first-order valence-electron chi connectivity index (χ1n) is 7.47. The number of furan rings is 1. The molecule has 2 heterocycles. The predicted molar refractivity (Wildman–Crippen MR) is 90.4 cm³/mol. The maximum atomic E-state index is 13.8. The molecule has 1 N–H and O–H groups in total. The van der Waals surface area contributed by atoms with Gasteiger partial charge in [0.25, 0.3) is 0 Å². The van der Waals surface area contributed by atoms with E-state index in [9.17, 15) is 14.3 Å². The average molecular weight is 337 g/mol. The Bertz CT molecular complexity index is 1130. The Kier molecular flexibility index (Phi) is 3.39. The number of benzene rings is 2. The molecule has 0 aliphatic heterocycles. The number of aromatic nitrogens is 1. The summed E-state index contributed by atoms with van der Waals surface area (Å²) in [5, 5.41) is 10.6. The van der Waals surface area contributed by atoms with E-state index in [1.807, 2.05) is 0 Å². The fourth-order valence-electron chi connectivity index (χ4n) is 2.79. The zero-order chi connectivity index (χ0) is 17.6. The molecule has 0 saturated heterocycles. The molecule has 0 amide bonds. The second-order valence-electron chi connectivity index (χ2n) is 5.51. The monoisotopic (exact) mass is 337 g/mol. The molecular formula is C19H12FNO4. The van der Waals surface area contributed by atoms with E-state index >= 15 is 0 Å². The van der Waals surface area contributed by atoms with Gasteiger partial charge in [0.05, 0.1) is 18.2 Å². The van der Waals surface area contributed by atoms with Crippen molar-refractivity contribution in [3.63, 3.8) is 0 Å². The van der Waals surface area contributed by atoms with Crippen molar-refractivity contribution in [3.8, 4) is 17.2 Å². The second-order valence-corrected chi connectivity index (χ2v) is 5.51. The van der Waals surface area contributed by atoms with Crippen molar-refractivity contribution in [2.45, 2.75) is 0 Å². The van der Waals surface area contributed by atoms with Crippen LogP contribution in [0.1, 0.15) is 10.4 Å². The first-order valence-corrected chi connectivity index (χ1v) is 7.47. The summed E-state index contributed by atoms with van der Waals surface area (Å²) in [4.78, 5) is 16.1. The zero-order valence-corrected chi connectivity index (χ0v) is 13.1. The third kappa shape index (κ3) is 2.48. The van der Waals surface area contributed by atoms with Crippen LogP contribution >= 0.6 is 0 Å². The number of methoxy groups -OCH3 is 1. The molecule has 0 fully saturated rings. The van der Waals surface area contributed by atoms with Gasteiger partial charge in [0.15, 0.2) is 17.2 Å². The minimum atomic E-state index is -1.09. The van der Waals surface area contributed by atoms with Gasteiger partial charge < -0.3 is 14.3 Å². The number of carbonyl (C=O) groups is 1. The van der Waals surface area contributed by atoms with Crippen molar-refractivity contribution in [2.75, 3.05) is 7.11 Å². The van der Waals surface area contributed by atoms with Crippen molar-refractivity contribution >= 4 is 27.8 Å². The van der Waals surface area contributed by atoms with Gasteiger partial charge >= 0.3 is 5.97 Å². The van der Waals surface area contributed by atoms with E-state index in [4.69, 9.17) is 9.15 Å². The zero-order valence-electron chi connectivity index (χ0n) is 13.1. The average Bonchev–Trinajstić information content (AvgIpc) is 3.06. The van der Waals surface area contributed by atoms with E-state index in [-0.39, 0.29) is 11.1 Å². The summed E-state index contributed by atoms with van der Waals surface area (Å²) >= 11 is 0. The molecule has 124 valence electrons. The number of halogens is 1. The van der Waals surface area contributed by atoms with Gasteiger partial charge in [-0.1, -0.05) is 12.1 Å². The number of hydrogen-bond acceptors (Lipinski definition) is 4. The van der Waals surface area contributed by atoms with Crippen LogP contribution < -0.4 is 4.74 Å². The van der Waals surface area contributed by atoms with Gasteiger partial charge in [0.2, 0.25) is 0 Å². The van der Waals surface area contributed by atoms with Crippen molar-refractivity contribution in [3.05, 3.63) is 59.9 Å². The van der Waals surface area contributed by atoms with Crippen molar-refractivity contribution < 1.29 is 23.4 Å².